The molecule has 0 spiro atoms. The summed E-state index contributed by atoms with van der Waals surface area (Å²) in [4.78, 5) is 12.1. The Morgan fingerprint density at radius 1 is 1.44 bits per heavy atom. The Morgan fingerprint density at radius 2 is 2.17 bits per heavy atom. The summed E-state index contributed by atoms with van der Waals surface area (Å²) < 4.78 is 4.94. The predicted octanol–water partition coefficient (Wildman–Crippen LogP) is 3.19. The number of methoxy groups -OCH3 is 1. The molecule has 0 aliphatic rings. The third-order valence-corrected chi connectivity index (χ3v) is 3.11. The number of halogens is 2. The normalized spacial score (nSPS) is 12.4. The molecule has 3 nitrogen and oxygen atoms in total. The first-order valence-corrected chi connectivity index (χ1v) is 6.53. The average molecular weight is 290 g/mol. The van der Waals surface area contributed by atoms with Crippen molar-refractivity contribution in [3.05, 3.63) is 33.8 Å². The molecule has 0 fully saturated rings. The fraction of sp³-hybridized carbons (Fsp3) is 0.462. The summed E-state index contributed by atoms with van der Waals surface area (Å²) >= 11 is 11.8. The van der Waals surface area contributed by atoms with E-state index < -0.39 is 0 Å². The number of hydrogen-bond acceptors (Lipinski definition) is 3. The largest absolute Gasteiger partial charge is 0.385 e. The third kappa shape index (κ3) is 4.58. The van der Waals surface area contributed by atoms with Crippen molar-refractivity contribution in [1.29, 1.82) is 0 Å². The van der Waals surface area contributed by atoms with E-state index in [-0.39, 0.29) is 11.8 Å². The van der Waals surface area contributed by atoms with Crippen molar-refractivity contribution < 1.29 is 9.53 Å². The lowest BCUT2D eigenvalue weighted by molar-refractivity contribution is 0.0949. The molecule has 1 aromatic rings. The first kappa shape index (κ1) is 15.4. The molecule has 0 bridgehead atoms. The molecule has 0 saturated heterocycles. The van der Waals surface area contributed by atoms with Gasteiger partial charge in [-0.05, 0) is 38.1 Å². The molecule has 0 aliphatic heterocycles. The fourth-order valence-corrected chi connectivity index (χ4v) is 2.05. The van der Waals surface area contributed by atoms with Crippen LogP contribution in [-0.4, -0.2) is 32.1 Å². The van der Waals surface area contributed by atoms with Crippen LogP contribution in [0.25, 0.3) is 0 Å². The van der Waals surface area contributed by atoms with Gasteiger partial charge in [-0.2, -0.15) is 0 Å². The molecule has 1 unspecified atom stereocenters. The van der Waals surface area contributed by atoms with Crippen LogP contribution >= 0.6 is 23.2 Å². The van der Waals surface area contributed by atoms with Crippen LogP contribution in [0.15, 0.2) is 18.2 Å². The van der Waals surface area contributed by atoms with E-state index in [1.54, 1.807) is 25.3 Å². The van der Waals surface area contributed by atoms with E-state index in [1.807, 2.05) is 6.92 Å². The van der Waals surface area contributed by atoms with Crippen molar-refractivity contribution >= 4 is 29.0 Å². The summed E-state index contributed by atoms with van der Waals surface area (Å²) in [5.41, 5.74) is 0.493. The molecule has 18 heavy (non-hydrogen) atoms. The molecule has 0 aliphatic carbocycles. The Kier molecular flexibility index (Phi) is 6.65. The molecule has 0 aromatic heterocycles. The van der Waals surface area contributed by atoms with Gasteiger partial charge in [0.05, 0.1) is 11.1 Å². The molecule has 100 valence electrons. The maximum atomic E-state index is 12.1. The lowest BCUT2D eigenvalue weighted by Crippen LogP contribution is -2.35. The van der Waals surface area contributed by atoms with Gasteiger partial charge in [-0.15, -0.1) is 0 Å². The average Bonchev–Trinajstić information content (AvgIpc) is 2.33. The van der Waals surface area contributed by atoms with Crippen molar-refractivity contribution in [3.8, 4) is 0 Å². The quantitative estimate of drug-likeness (QED) is 0.619. The number of nitrogens with one attached hydrogen (secondary N) is 1. The van der Waals surface area contributed by atoms with Gasteiger partial charge >= 0.3 is 0 Å². The van der Waals surface area contributed by atoms with Crippen LogP contribution in [0.3, 0.4) is 0 Å². The van der Waals surface area contributed by atoms with Crippen LogP contribution < -0.4 is 5.32 Å². The second-order valence-corrected chi connectivity index (χ2v) is 4.85. The van der Waals surface area contributed by atoms with Crippen LogP contribution in [0.2, 0.25) is 10.0 Å². The highest BCUT2D eigenvalue weighted by Crippen LogP contribution is 2.22. The first-order chi connectivity index (χ1) is 8.56. The van der Waals surface area contributed by atoms with Gasteiger partial charge in [-0.3, -0.25) is 4.79 Å². The number of ketones is 1. The van der Waals surface area contributed by atoms with E-state index in [9.17, 15) is 4.79 Å². The molecule has 1 aromatic carbocycles. The van der Waals surface area contributed by atoms with Gasteiger partial charge in [0.25, 0.3) is 0 Å². The van der Waals surface area contributed by atoms with Crippen molar-refractivity contribution in [2.45, 2.75) is 19.4 Å². The molecule has 1 rings (SSSR count). The predicted molar refractivity (Wildman–Crippen MR) is 74.8 cm³/mol. The first-order valence-electron chi connectivity index (χ1n) is 5.78. The summed E-state index contributed by atoms with van der Waals surface area (Å²) in [6.07, 6.45) is 0.864. The van der Waals surface area contributed by atoms with Crippen LogP contribution in [0.1, 0.15) is 23.7 Å². The number of hydrogen-bond donors (Lipinski definition) is 1. The fourth-order valence-electron chi connectivity index (χ4n) is 1.55. The number of rotatable bonds is 7. The number of Topliss-reactive ketones (excluding diaryl/α,β-unsaturated/α-hetero) is 1. The highest BCUT2D eigenvalue weighted by atomic mass is 35.5. The second kappa shape index (κ2) is 7.74. The number of ether oxygens (including phenoxy) is 1. The van der Waals surface area contributed by atoms with Gasteiger partial charge in [0.1, 0.15) is 0 Å². The minimum absolute atomic E-state index is 0.0333. The van der Waals surface area contributed by atoms with Crippen molar-refractivity contribution in [2.24, 2.45) is 0 Å². The zero-order valence-corrected chi connectivity index (χ0v) is 12.0. The number of carbonyl (C=O) groups excluding carboxylic acids is 1. The SMILES string of the molecule is COCCCNC(C)C(=O)c1ccc(Cl)cc1Cl. The van der Waals surface area contributed by atoms with E-state index in [2.05, 4.69) is 5.32 Å². The molecular formula is C13H17Cl2NO2. The zero-order valence-electron chi connectivity index (χ0n) is 10.5. The zero-order chi connectivity index (χ0) is 13.5. The van der Waals surface area contributed by atoms with Gasteiger partial charge in [0.15, 0.2) is 5.78 Å². The minimum Gasteiger partial charge on any atom is -0.385 e. The smallest absolute Gasteiger partial charge is 0.180 e. The van der Waals surface area contributed by atoms with Gasteiger partial charge in [0, 0.05) is 24.3 Å². The van der Waals surface area contributed by atoms with Gasteiger partial charge < -0.3 is 10.1 Å². The lowest BCUT2D eigenvalue weighted by atomic mass is 10.1. The van der Waals surface area contributed by atoms with Crippen LogP contribution in [0.4, 0.5) is 0 Å². The Hall–Kier alpha value is -0.610. The van der Waals surface area contributed by atoms with E-state index in [1.165, 1.54) is 0 Å². The number of carbonyl (C=O) groups is 1. The third-order valence-electron chi connectivity index (χ3n) is 2.57. The van der Waals surface area contributed by atoms with Crippen molar-refractivity contribution in [3.63, 3.8) is 0 Å². The van der Waals surface area contributed by atoms with Gasteiger partial charge in [-0.1, -0.05) is 23.2 Å². The van der Waals surface area contributed by atoms with Gasteiger partial charge in [-0.25, -0.2) is 0 Å². The summed E-state index contributed by atoms with van der Waals surface area (Å²) in [7, 11) is 1.65. The summed E-state index contributed by atoms with van der Waals surface area (Å²) in [5, 5.41) is 4.05. The Bertz CT molecular complexity index is 410. The summed E-state index contributed by atoms with van der Waals surface area (Å²) in [6, 6.07) is 4.62. The monoisotopic (exact) mass is 289 g/mol. The highest BCUT2D eigenvalue weighted by molar-refractivity contribution is 6.37. The standard InChI is InChI=1S/C13H17Cl2NO2/c1-9(16-6-3-7-18-2)13(17)11-5-4-10(14)8-12(11)15/h4-5,8-9,16H,3,6-7H2,1-2H3. The Balaban J connectivity index is 2.57. The van der Waals surface area contributed by atoms with Crippen molar-refractivity contribution in [2.75, 3.05) is 20.3 Å². The molecule has 1 N–H and O–H groups in total. The molecular weight excluding hydrogens is 273 g/mol. The summed E-state index contributed by atoms with van der Waals surface area (Å²) in [6.45, 7) is 3.22. The van der Waals surface area contributed by atoms with Gasteiger partial charge in [0.2, 0.25) is 0 Å². The van der Waals surface area contributed by atoms with E-state index >= 15 is 0 Å². The van der Waals surface area contributed by atoms with Crippen LogP contribution in [-0.2, 0) is 4.74 Å². The van der Waals surface area contributed by atoms with E-state index in [4.69, 9.17) is 27.9 Å². The number of benzene rings is 1. The maximum absolute atomic E-state index is 12.1. The molecule has 0 amide bonds. The Labute approximate surface area is 117 Å². The Morgan fingerprint density at radius 3 is 2.78 bits per heavy atom. The van der Waals surface area contributed by atoms with Crippen molar-refractivity contribution in [1.82, 2.24) is 5.32 Å². The molecule has 0 heterocycles. The van der Waals surface area contributed by atoms with Crippen LogP contribution in [0, 0.1) is 0 Å². The minimum atomic E-state index is -0.277. The van der Waals surface area contributed by atoms with E-state index in [0.29, 0.717) is 22.2 Å². The molecule has 0 saturated carbocycles. The molecule has 5 heteroatoms. The van der Waals surface area contributed by atoms with Crippen LogP contribution in [0.5, 0.6) is 0 Å². The highest BCUT2D eigenvalue weighted by Gasteiger charge is 2.17. The molecule has 0 radical (unpaired) electrons. The van der Waals surface area contributed by atoms with E-state index in [0.717, 1.165) is 13.0 Å². The maximum Gasteiger partial charge on any atom is 0.180 e. The second-order valence-electron chi connectivity index (χ2n) is 4.01. The molecule has 1 atom stereocenters. The summed E-state index contributed by atoms with van der Waals surface area (Å²) in [5.74, 6) is -0.0333. The lowest BCUT2D eigenvalue weighted by Gasteiger charge is -2.13. The topological polar surface area (TPSA) is 38.3 Å².